The number of carbonyl (C=O) groups is 2. The predicted molar refractivity (Wildman–Crippen MR) is 136 cm³/mol. The Morgan fingerprint density at radius 3 is 2.94 bits per heavy atom. The van der Waals surface area contributed by atoms with Gasteiger partial charge in [-0.05, 0) is 44.4 Å². The minimum atomic E-state index is -0.500. The third-order valence-corrected chi connectivity index (χ3v) is 7.10. The Bertz CT molecular complexity index is 1440. The summed E-state index contributed by atoms with van der Waals surface area (Å²) < 4.78 is 6.16. The standard InChI is InChI=1S/C23H22N6O3S2/c1-4-32-22(31)13-10-25-23(33-3)29-20(13)28-16-8-5-12-14(27-16)6-7-15-17(12)18-19(34-15)21(30)26-11(2)9-24-18/h5-8,10-11,24H,4,9H2,1-3H3,(H,26,30)(H,25,27,28,29)/t11-/m0/s1. The highest BCUT2D eigenvalue weighted by atomic mass is 32.2. The van der Waals surface area contributed by atoms with Gasteiger partial charge in [0.25, 0.3) is 5.91 Å². The molecule has 1 aliphatic rings. The van der Waals surface area contributed by atoms with E-state index in [9.17, 15) is 9.59 Å². The molecule has 1 atom stereocenters. The zero-order valence-electron chi connectivity index (χ0n) is 18.8. The van der Waals surface area contributed by atoms with Crippen LogP contribution in [0, 0.1) is 0 Å². The molecule has 1 aromatic carbocycles. The zero-order valence-corrected chi connectivity index (χ0v) is 20.4. The second kappa shape index (κ2) is 9.07. The number of nitrogens with zero attached hydrogens (tertiary/aromatic N) is 3. The van der Waals surface area contributed by atoms with Crippen LogP contribution in [-0.4, -0.2) is 52.3 Å². The topological polar surface area (TPSA) is 118 Å². The molecule has 34 heavy (non-hydrogen) atoms. The molecule has 4 heterocycles. The van der Waals surface area contributed by atoms with E-state index >= 15 is 0 Å². The summed E-state index contributed by atoms with van der Waals surface area (Å²) in [5, 5.41) is 12.0. The molecular formula is C23H22N6O3S2. The second-order valence-corrected chi connectivity index (χ2v) is 9.55. The van der Waals surface area contributed by atoms with Crippen LogP contribution in [0.5, 0.6) is 0 Å². The van der Waals surface area contributed by atoms with Crippen molar-refractivity contribution in [1.82, 2.24) is 20.3 Å². The smallest absolute Gasteiger partial charge is 0.343 e. The minimum Gasteiger partial charge on any atom is -0.462 e. The number of amides is 1. The average Bonchev–Trinajstić information content (AvgIpc) is 3.15. The molecular weight excluding hydrogens is 472 g/mol. The zero-order chi connectivity index (χ0) is 23.8. The summed E-state index contributed by atoms with van der Waals surface area (Å²) in [5.41, 5.74) is 1.85. The number of pyridine rings is 1. The van der Waals surface area contributed by atoms with Crippen LogP contribution in [-0.2, 0) is 4.74 Å². The fourth-order valence-electron chi connectivity index (χ4n) is 3.83. The molecule has 5 rings (SSSR count). The van der Waals surface area contributed by atoms with Crippen molar-refractivity contribution < 1.29 is 14.3 Å². The van der Waals surface area contributed by atoms with Crippen molar-refractivity contribution in [3.63, 3.8) is 0 Å². The van der Waals surface area contributed by atoms with Gasteiger partial charge in [0.05, 0.1) is 17.8 Å². The molecule has 3 N–H and O–H groups in total. The highest BCUT2D eigenvalue weighted by molar-refractivity contribution is 7.98. The van der Waals surface area contributed by atoms with Crippen LogP contribution in [0.2, 0.25) is 0 Å². The number of anilines is 3. The molecule has 0 saturated carbocycles. The number of fused-ring (bicyclic) bond motifs is 5. The largest absolute Gasteiger partial charge is 0.462 e. The third kappa shape index (κ3) is 4.01. The fourth-order valence-corrected chi connectivity index (χ4v) is 5.27. The van der Waals surface area contributed by atoms with Crippen LogP contribution in [0.25, 0.3) is 21.0 Å². The molecule has 9 nitrogen and oxygen atoms in total. The molecule has 1 amide bonds. The predicted octanol–water partition coefficient (Wildman–Crippen LogP) is 4.43. The number of ether oxygens (including phenoxy) is 1. The van der Waals surface area contributed by atoms with E-state index in [0.717, 1.165) is 26.7 Å². The summed E-state index contributed by atoms with van der Waals surface area (Å²) in [7, 11) is 0. The van der Waals surface area contributed by atoms with E-state index in [1.165, 1.54) is 29.3 Å². The lowest BCUT2D eigenvalue weighted by molar-refractivity contribution is 0.0526. The van der Waals surface area contributed by atoms with Gasteiger partial charge in [-0.15, -0.1) is 11.3 Å². The molecule has 0 saturated heterocycles. The highest BCUT2D eigenvalue weighted by Gasteiger charge is 2.25. The monoisotopic (exact) mass is 494 g/mol. The van der Waals surface area contributed by atoms with Crippen molar-refractivity contribution in [1.29, 1.82) is 0 Å². The molecule has 11 heteroatoms. The SMILES string of the molecule is CCOC(=O)c1cnc(SC)nc1Nc1ccc2c(ccc3sc4c(c32)NC[C@H](C)NC4=O)n1. The lowest BCUT2D eigenvalue weighted by atomic mass is 10.1. The van der Waals surface area contributed by atoms with Crippen molar-refractivity contribution >= 4 is 73.3 Å². The Labute approximate surface area is 203 Å². The van der Waals surface area contributed by atoms with E-state index in [0.29, 0.717) is 28.2 Å². The van der Waals surface area contributed by atoms with E-state index < -0.39 is 5.97 Å². The van der Waals surface area contributed by atoms with Crippen LogP contribution < -0.4 is 16.0 Å². The maximum absolute atomic E-state index is 12.6. The van der Waals surface area contributed by atoms with Gasteiger partial charge in [0.15, 0.2) is 11.0 Å². The molecule has 0 unspecified atom stereocenters. The number of thioether (sulfide) groups is 1. The fraction of sp³-hybridized carbons (Fsp3) is 0.261. The van der Waals surface area contributed by atoms with E-state index in [4.69, 9.17) is 9.72 Å². The Morgan fingerprint density at radius 1 is 1.29 bits per heavy atom. The number of thiophene rings is 1. The number of aromatic nitrogens is 3. The molecule has 0 fully saturated rings. The first-order chi connectivity index (χ1) is 16.5. The molecule has 3 aromatic heterocycles. The van der Waals surface area contributed by atoms with Gasteiger partial charge in [0.2, 0.25) is 0 Å². The average molecular weight is 495 g/mol. The number of esters is 1. The summed E-state index contributed by atoms with van der Waals surface area (Å²) in [6, 6.07) is 7.75. The third-order valence-electron chi connectivity index (χ3n) is 5.38. The molecule has 174 valence electrons. The Hall–Kier alpha value is -3.44. The van der Waals surface area contributed by atoms with Crippen molar-refractivity contribution in [2.24, 2.45) is 0 Å². The van der Waals surface area contributed by atoms with Crippen LogP contribution in [0.3, 0.4) is 0 Å². The van der Waals surface area contributed by atoms with Gasteiger partial charge >= 0.3 is 5.97 Å². The number of rotatable bonds is 5. The first-order valence-electron chi connectivity index (χ1n) is 10.7. The summed E-state index contributed by atoms with van der Waals surface area (Å²) in [6.45, 7) is 4.62. The van der Waals surface area contributed by atoms with E-state index in [1.807, 2.05) is 37.4 Å². The van der Waals surface area contributed by atoms with Crippen molar-refractivity contribution in [2.45, 2.75) is 25.0 Å². The second-order valence-electron chi connectivity index (χ2n) is 7.73. The summed E-state index contributed by atoms with van der Waals surface area (Å²) >= 11 is 2.84. The highest BCUT2D eigenvalue weighted by Crippen LogP contribution is 2.41. The van der Waals surface area contributed by atoms with Gasteiger partial charge in [-0.3, -0.25) is 4.79 Å². The van der Waals surface area contributed by atoms with Crippen LogP contribution in [0.15, 0.2) is 35.6 Å². The summed E-state index contributed by atoms with van der Waals surface area (Å²) in [6.07, 6.45) is 3.32. The van der Waals surface area contributed by atoms with Gasteiger partial charge in [-0.1, -0.05) is 11.8 Å². The van der Waals surface area contributed by atoms with Gasteiger partial charge in [0, 0.05) is 34.3 Å². The van der Waals surface area contributed by atoms with Gasteiger partial charge in [0.1, 0.15) is 16.3 Å². The first-order valence-corrected chi connectivity index (χ1v) is 12.8. The maximum Gasteiger partial charge on any atom is 0.343 e. The molecule has 0 spiro atoms. The van der Waals surface area contributed by atoms with Crippen LogP contribution in [0.4, 0.5) is 17.3 Å². The van der Waals surface area contributed by atoms with Crippen LogP contribution in [0.1, 0.15) is 33.9 Å². The normalized spacial score (nSPS) is 15.4. The number of hydrogen-bond acceptors (Lipinski definition) is 10. The Kier molecular flexibility index (Phi) is 5.96. The van der Waals surface area contributed by atoms with E-state index in [1.54, 1.807) is 6.92 Å². The lowest BCUT2D eigenvalue weighted by Gasteiger charge is -2.12. The van der Waals surface area contributed by atoms with Crippen LogP contribution >= 0.6 is 23.1 Å². The van der Waals surface area contributed by atoms with E-state index in [-0.39, 0.29) is 24.1 Å². The molecule has 1 aliphatic heterocycles. The van der Waals surface area contributed by atoms with Gasteiger partial charge in [-0.25, -0.2) is 19.7 Å². The quantitative estimate of drug-likeness (QED) is 0.210. The van der Waals surface area contributed by atoms with Crippen molar-refractivity contribution in [3.05, 3.63) is 40.9 Å². The number of nitrogens with one attached hydrogen (secondary N) is 3. The Morgan fingerprint density at radius 2 is 2.15 bits per heavy atom. The Balaban J connectivity index is 1.57. The molecule has 0 bridgehead atoms. The van der Waals surface area contributed by atoms with Crippen molar-refractivity contribution in [2.75, 3.05) is 30.0 Å². The number of benzene rings is 1. The first kappa shape index (κ1) is 22.4. The molecule has 0 aliphatic carbocycles. The van der Waals surface area contributed by atoms with Gasteiger partial charge in [-0.2, -0.15) is 0 Å². The van der Waals surface area contributed by atoms with Crippen molar-refractivity contribution in [3.8, 4) is 0 Å². The maximum atomic E-state index is 12.6. The van der Waals surface area contributed by atoms with E-state index in [2.05, 4.69) is 25.9 Å². The minimum absolute atomic E-state index is 0.0404. The molecule has 0 radical (unpaired) electrons. The molecule has 4 aromatic rings. The lowest BCUT2D eigenvalue weighted by Crippen LogP contribution is -2.34. The van der Waals surface area contributed by atoms with Gasteiger partial charge < -0.3 is 20.7 Å². The summed E-state index contributed by atoms with van der Waals surface area (Å²) in [4.78, 5) is 39.1. The summed E-state index contributed by atoms with van der Waals surface area (Å²) in [5.74, 6) is 0.305. The number of carbonyl (C=O) groups excluding carboxylic acids is 2. The number of hydrogen-bond donors (Lipinski definition) is 3.